The first-order valence-corrected chi connectivity index (χ1v) is 8.45. The van der Waals surface area contributed by atoms with Gasteiger partial charge in [-0.2, -0.15) is 0 Å². The van der Waals surface area contributed by atoms with Gasteiger partial charge in [0.05, 0.1) is 6.54 Å². The predicted molar refractivity (Wildman–Crippen MR) is 95.7 cm³/mol. The van der Waals surface area contributed by atoms with Crippen molar-refractivity contribution in [1.82, 2.24) is 0 Å². The average molecular weight is 369 g/mol. The predicted octanol–water partition coefficient (Wildman–Crippen LogP) is 4.56. The summed E-state index contributed by atoms with van der Waals surface area (Å²) in [6, 6.07) is 10.6. The summed E-state index contributed by atoms with van der Waals surface area (Å²) in [5, 5.41) is 2.10. The Hall–Kier alpha value is -0.910. The molecule has 0 unspecified atom stereocenters. The van der Waals surface area contributed by atoms with Crippen LogP contribution < -0.4 is 10.6 Å². The van der Waals surface area contributed by atoms with E-state index in [0.29, 0.717) is 11.0 Å². The molecule has 0 fully saturated rings. The SMILES string of the molecule is CC(C)N(Cc1cccs1)c1cc(Br)ccc1C(N)=S. The summed E-state index contributed by atoms with van der Waals surface area (Å²) in [6.45, 7) is 5.22. The molecule has 1 heterocycles. The van der Waals surface area contributed by atoms with E-state index >= 15 is 0 Å². The topological polar surface area (TPSA) is 29.3 Å². The minimum atomic E-state index is 0.361. The zero-order chi connectivity index (χ0) is 14.7. The Kier molecular flexibility index (Phi) is 5.18. The van der Waals surface area contributed by atoms with E-state index in [0.717, 1.165) is 22.3 Å². The summed E-state index contributed by atoms with van der Waals surface area (Å²) < 4.78 is 1.03. The number of thiophene rings is 1. The lowest BCUT2D eigenvalue weighted by atomic mass is 10.1. The Bertz CT molecular complexity index is 594. The molecule has 0 aliphatic rings. The average Bonchev–Trinajstić information content (AvgIpc) is 2.87. The molecule has 0 radical (unpaired) electrons. The van der Waals surface area contributed by atoms with E-state index in [2.05, 4.69) is 58.3 Å². The van der Waals surface area contributed by atoms with Crippen LogP contribution in [0.4, 0.5) is 5.69 Å². The molecule has 0 bridgehead atoms. The summed E-state index contributed by atoms with van der Waals surface area (Å²) in [7, 11) is 0. The number of nitrogens with two attached hydrogens (primary N) is 1. The van der Waals surface area contributed by atoms with Crippen molar-refractivity contribution in [2.45, 2.75) is 26.4 Å². The molecule has 0 spiro atoms. The molecule has 5 heteroatoms. The van der Waals surface area contributed by atoms with Crippen LogP contribution in [0, 0.1) is 0 Å². The molecule has 0 saturated carbocycles. The molecule has 0 saturated heterocycles. The second kappa shape index (κ2) is 6.70. The van der Waals surface area contributed by atoms with E-state index in [-0.39, 0.29) is 0 Å². The maximum atomic E-state index is 5.87. The van der Waals surface area contributed by atoms with E-state index < -0.39 is 0 Å². The van der Waals surface area contributed by atoms with Crippen molar-refractivity contribution in [3.63, 3.8) is 0 Å². The van der Waals surface area contributed by atoms with Crippen molar-refractivity contribution in [3.05, 3.63) is 50.6 Å². The third kappa shape index (κ3) is 3.59. The highest BCUT2D eigenvalue weighted by Crippen LogP contribution is 2.29. The van der Waals surface area contributed by atoms with Gasteiger partial charge in [-0.05, 0) is 43.5 Å². The highest BCUT2D eigenvalue weighted by Gasteiger charge is 2.17. The number of hydrogen-bond acceptors (Lipinski definition) is 3. The fourth-order valence-corrected chi connectivity index (χ4v) is 3.29. The molecule has 0 aliphatic carbocycles. The quantitative estimate of drug-likeness (QED) is 0.784. The summed E-state index contributed by atoms with van der Waals surface area (Å²) in [5.74, 6) is 0. The Morgan fingerprint density at radius 3 is 2.70 bits per heavy atom. The molecule has 1 aromatic heterocycles. The molecular formula is C15H17BrN2S2. The first-order valence-electron chi connectivity index (χ1n) is 6.37. The Labute approximate surface area is 137 Å². The standard InChI is InChI=1S/C15H17BrN2S2/c1-10(2)18(9-12-4-3-7-20-12)14-8-11(16)5-6-13(14)15(17)19/h3-8,10H,9H2,1-2H3,(H2,17,19). The molecule has 2 N–H and O–H groups in total. The molecule has 0 atom stereocenters. The lowest BCUT2D eigenvalue weighted by Crippen LogP contribution is -2.31. The van der Waals surface area contributed by atoms with Crippen molar-refractivity contribution in [2.24, 2.45) is 5.73 Å². The number of anilines is 1. The lowest BCUT2D eigenvalue weighted by molar-refractivity contribution is 0.686. The minimum absolute atomic E-state index is 0.361. The second-order valence-corrected chi connectivity index (χ2v) is 7.21. The number of halogens is 1. The Morgan fingerprint density at radius 2 is 2.15 bits per heavy atom. The van der Waals surface area contributed by atoms with Crippen LogP contribution in [0.15, 0.2) is 40.2 Å². The maximum absolute atomic E-state index is 5.87. The van der Waals surface area contributed by atoms with Crippen molar-refractivity contribution >= 4 is 50.2 Å². The number of benzene rings is 1. The van der Waals surface area contributed by atoms with E-state index in [1.807, 2.05) is 12.1 Å². The van der Waals surface area contributed by atoms with Crippen LogP contribution in [-0.2, 0) is 6.54 Å². The maximum Gasteiger partial charge on any atom is 0.106 e. The van der Waals surface area contributed by atoms with Gasteiger partial charge in [0, 0.05) is 26.6 Å². The smallest absolute Gasteiger partial charge is 0.106 e. The molecule has 20 heavy (non-hydrogen) atoms. The van der Waals surface area contributed by atoms with Crippen molar-refractivity contribution < 1.29 is 0 Å². The van der Waals surface area contributed by atoms with Crippen molar-refractivity contribution in [1.29, 1.82) is 0 Å². The minimum Gasteiger partial charge on any atom is -0.389 e. The first-order chi connectivity index (χ1) is 9.49. The van der Waals surface area contributed by atoms with Crippen molar-refractivity contribution in [3.8, 4) is 0 Å². The van der Waals surface area contributed by atoms with Gasteiger partial charge in [0.25, 0.3) is 0 Å². The monoisotopic (exact) mass is 368 g/mol. The van der Waals surface area contributed by atoms with Crippen LogP contribution in [0.5, 0.6) is 0 Å². The summed E-state index contributed by atoms with van der Waals surface area (Å²) >= 11 is 10.5. The third-order valence-corrected chi connectivity index (χ3v) is 4.64. The van der Waals surface area contributed by atoms with Gasteiger partial charge in [-0.1, -0.05) is 34.2 Å². The summed E-state index contributed by atoms with van der Waals surface area (Å²) in [5.41, 5.74) is 7.87. The molecule has 1 aromatic carbocycles. The molecule has 0 aliphatic heterocycles. The van der Waals surface area contributed by atoms with E-state index in [1.165, 1.54) is 4.88 Å². The summed E-state index contributed by atoms with van der Waals surface area (Å²) in [4.78, 5) is 4.09. The fourth-order valence-electron chi connectivity index (χ4n) is 2.07. The highest BCUT2D eigenvalue weighted by atomic mass is 79.9. The van der Waals surface area contributed by atoms with Crippen LogP contribution in [0.2, 0.25) is 0 Å². The van der Waals surface area contributed by atoms with Gasteiger partial charge in [-0.3, -0.25) is 0 Å². The van der Waals surface area contributed by atoms with Gasteiger partial charge in [0.2, 0.25) is 0 Å². The van der Waals surface area contributed by atoms with Crippen LogP contribution >= 0.6 is 39.5 Å². The number of nitrogens with zero attached hydrogens (tertiary/aromatic N) is 1. The molecule has 2 rings (SSSR count). The molecular weight excluding hydrogens is 352 g/mol. The fraction of sp³-hybridized carbons (Fsp3) is 0.267. The van der Waals surface area contributed by atoms with Gasteiger partial charge in [-0.25, -0.2) is 0 Å². The van der Waals surface area contributed by atoms with Gasteiger partial charge in [0.1, 0.15) is 4.99 Å². The Morgan fingerprint density at radius 1 is 1.40 bits per heavy atom. The van der Waals surface area contributed by atoms with Gasteiger partial charge in [0.15, 0.2) is 0 Å². The highest BCUT2D eigenvalue weighted by molar-refractivity contribution is 9.10. The number of rotatable bonds is 5. The van der Waals surface area contributed by atoms with E-state index in [9.17, 15) is 0 Å². The first kappa shape index (κ1) is 15.5. The van der Waals surface area contributed by atoms with Gasteiger partial charge in [-0.15, -0.1) is 11.3 Å². The Balaban J connectivity index is 2.43. The van der Waals surface area contributed by atoms with Crippen LogP contribution in [0.3, 0.4) is 0 Å². The largest absolute Gasteiger partial charge is 0.389 e. The molecule has 106 valence electrons. The normalized spacial score (nSPS) is 10.8. The molecule has 2 nitrogen and oxygen atoms in total. The zero-order valence-electron chi connectivity index (χ0n) is 11.5. The second-order valence-electron chi connectivity index (χ2n) is 4.83. The van der Waals surface area contributed by atoms with Crippen LogP contribution in [0.1, 0.15) is 24.3 Å². The van der Waals surface area contributed by atoms with E-state index in [1.54, 1.807) is 11.3 Å². The number of hydrogen-bond donors (Lipinski definition) is 1. The van der Waals surface area contributed by atoms with Crippen molar-refractivity contribution in [2.75, 3.05) is 4.90 Å². The van der Waals surface area contributed by atoms with Crippen LogP contribution in [-0.4, -0.2) is 11.0 Å². The molecule has 2 aromatic rings. The molecule has 0 amide bonds. The third-order valence-electron chi connectivity index (χ3n) is 3.06. The summed E-state index contributed by atoms with van der Waals surface area (Å²) in [6.07, 6.45) is 0. The lowest BCUT2D eigenvalue weighted by Gasteiger charge is -2.30. The number of thiocarbonyl (C=S) groups is 1. The van der Waals surface area contributed by atoms with E-state index in [4.69, 9.17) is 18.0 Å². The van der Waals surface area contributed by atoms with Crippen LogP contribution in [0.25, 0.3) is 0 Å². The zero-order valence-corrected chi connectivity index (χ0v) is 14.7. The van der Waals surface area contributed by atoms with Gasteiger partial charge >= 0.3 is 0 Å². The van der Waals surface area contributed by atoms with Gasteiger partial charge < -0.3 is 10.6 Å².